The standard InChI is InChI=1S/C29H37NO4/c1-6-33-27(32)19-11-9-18(10-12-19)26-23-24(29(34-26)13-7-8-14-29)22-20(30-25(23)17(2)3)15-28(4,5)16-21(22)31/h9-12,17,21,26,31H,6-8,13-16H2,1-5H3. The first-order valence-electron chi connectivity index (χ1n) is 12.9. The SMILES string of the molecule is CCOC(=O)c1ccc(C2OC3(CCCC3)c3c4c(nc(C(C)C)c32)CC(C)(C)CC4O)cc1. The molecule has 5 nitrogen and oxygen atoms in total. The first-order chi connectivity index (χ1) is 16.2. The lowest BCUT2D eigenvalue weighted by atomic mass is 9.70. The number of esters is 1. The molecule has 2 aliphatic carbocycles. The van der Waals surface area contributed by atoms with E-state index in [2.05, 4.69) is 27.7 Å². The number of nitrogens with zero attached hydrogens (tertiary/aromatic N) is 1. The molecule has 1 N–H and O–H groups in total. The van der Waals surface area contributed by atoms with Crippen LogP contribution in [-0.2, 0) is 21.5 Å². The van der Waals surface area contributed by atoms with Gasteiger partial charge in [0.1, 0.15) is 6.10 Å². The molecule has 1 aromatic heterocycles. The minimum absolute atomic E-state index is 0.0204. The molecule has 0 radical (unpaired) electrons. The first kappa shape index (κ1) is 23.5. The molecule has 34 heavy (non-hydrogen) atoms. The summed E-state index contributed by atoms with van der Waals surface area (Å²) in [6.07, 6.45) is 5.05. The van der Waals surface area contributed by atoms with Gasteiger partial charge in [0.2, 0.25) is 0 Å². The molecular formula is C29H37NO4. The summed E-state index contributed by atoms with van der Waals surface area (Å²) in [5, 5.41) is 11.4. The van der Waals surface area contributed by atoms with Crippen LogP contribution in [0.4, 0.5) is 0 Å². The normalized spacial score (nSPS) is 24.3. The van der Waals surface area contributed by atoms with Crippen molar-refractivity contribution in [2.75, 3.05) is 6.61 Å². The van der Waals surface area contributed by atoms with Crippen molar-refractivity contribution in [2.45, 2.75) is 96.9 Å². The Morgan fingerprint density at radius 2 is 1.85 bits per heavy atom. The van der Waals surface area contributed by atoms with E-state index in [1.165, 1.54) is 5.56 Å². The number of fused-ring (bicyclic) bond motifs is 4. The van der Waals surface area contributed by atoms with Crippen LogP contribution in [0.3, 0.4) is 0 Å². The van der Waals surface area contributed by atoms with Crippen LogP contribution in [0.5, 0.6) is 0 Å². The molecule has 1 saturated carbocycles. The van der Waals surface area contributed by atoms with Gasteiger partial charge in [-0.2, -0.15) is 0 Å². The van der Waals surface area contributed by atoms with Crippen molar-refractivity contribution >= 4 is 5.97 Å². The van der Waals surface area contributed by atoms with Gasteiger partial charge in [-0.25, -0.2) is 4.79 Å². The molecule has 1 aliphatic heterocycles. The van der Waals surface area contributed by atoms with Crippen LogP contribution in [0.2, 0.25) is 0 Å². The highest BCUT2D eigenvalue weighted by Gasteiger charge is 2.52. The maximum absolute atomic E-state index is 12.2. The molecule has 0 saturated heterocycles. The van der Waals surface area contributed by atoms with Gasteiger partial charge in [-0.3, -0.25) is 4.98 Å². The molecule has 2 aromatic rings. The lowest BCUT2D eigenvalue weighted by Crippen LogP contribution is -2.32. The number of benzene rings is 1. The Hall–Kier alpha value is -2.24. The van der Waals surface area contributed by atoms with Crippen LogP contribution in [0.1, 0.15) is 129 Å². The first-order valence-corrected chi connectivity index (χ1v) is 12.9. The van der Waals surface area contributed by atoms with Gasteiger partial charge in [0.05, 0.1) is 23.9 Å². The van der Waals surface area contributed by atoms with E-state index in [9.17, 15) is 9.90 Å². The van der Waals surface area contributed by atoms with Crippen molar-refractivity contribution in [3.63, 3.8) is 0 Å². The Kier molecular flexibility index (Phi) is 5.84. The molecule has 5 heteroatoms. The van der Waals surface area contributed by atoms with Gasteiger partial charge in [0.15, 0.2) is 0 Å². The van der Waals surface area contributed by atoms with E-state index < -0.39 is 6.10 Å². The van der Waals surface area contributed by atoms with Crippen molar-refractivity contribution in [3.8, 4) is 0 Å². The van der Waals surface area contributed by atoms with E-state index in [0.29, 0.717) is 12.2 Å². The van der Waals surface area contributed by atoms with Crippen LogP contribution in [-0.4, -0.2) is 22.7 Å². The lowest BCUT2D eigenvalue weighted by molar-refractivity contribution is -0.0580. The number of carbonyl (C=O) groups is 1. The van der Waals surface area contributed by atoms with Gasteiger partial charge in [0, 0.05) is 22.5 Å². The molecule has 182 valence electrons. The van der Waals surface area contributed by atoms with Crippen LogP contribution >= 0.6 is 0 Å². The van der Waals surface area contributed by atoms with Crippen LogP contribution in [0.25, 0.3) is 0 Å². The van der Waals surface area contributed by atoms with E-state index in [1.54, 1.807) is 0 Å². The quantitative estimate of drug-likeness (QED) is 0.541. The average Bonchev–Trinajstić information content (AvgIpc) is 3.38. The summed E-state index contributed by atoms with van der Waals surface area (Å²) < 4.78 is 12.2. The van der Waals surface area contributed by atoms with E-state index in [1.807, 2.05) is 31.2 Å². The monoisotopic (exact) mass is 463 g/mol. The van der Waals surface area contributed by atoms with Crippen LogP contribution in [0, 0.1) is 5.41 Å². The van der Waals surface area contributed by atoms with Gasteiger partial charge in [-0.1, -0.05) is 52.7 Å². The van der Waals surface area contributed by atoms with Gasteiger partial charge in [0.25, 0.3) is 0 Å². The predicted octanol–water partition coefficient (Wildman–Crippen LogP) is 6.28. The number of aromatic nitrogens is 1. The Labute approximate surface area is 202 Å². The summed E-state index contributed by atoms with van der Waals surface area (Å²) >= 11 is 0. The van der Waals surface area contributed by atoms with Gasteiger partial charge >= 0.3 is 5.97 Å². The number of aliphatic hydroxyl groups excluding tert-OH is 1. The van der Waals surface area contributed by atoms with Crippen LogP contribution in [0.15, 0.2) is 24.3 Å². The third-order valence-electron chi connectivity index (χ3n) is 7.85. The summed E-state index contributed by atoms with van der Waals surface area (Å²) in [5.74, 6) is -0.0684. The topological polar surface area (TPSA) is 68.7 Å². The van der Waals surface area contributed by atoms with E-state index in [-0.39, 0.29) is 29.0 Å². The fourth-order valence-corrected chi connectivity index (χ4v) is 6.42. The van der Waals surface area contributed by atoms with Crippen molar-refractivity contribution < 1.29 is 19.4 Å². The van der Waals surface area contributed by atoms with E-state index in [4.69, 9.17) is 14.5 Å². The maximum Gasteiger partial charge on any atom is 0.338 e. The van der Waals surface area contributed by atoms with Gasteiger partial charge in [-0.15, -0.1) is 0 Å². The zero-order valence-corrected chi connectivity index (χ0v) is 21.1. The zero-order chi connectivity index (χ0) is 24.3. The maximum atomic E-state index is 12.2. The summed E-state index contributed by atoms with van der Waals surface area (Å²) in [6.45, 7) is 11.0. The number of aliphatic hydroxyl groups is 1. The number of hydrogen-bond donors (Lipinski definition) is 1. The summed E-state index contributed by atoms with van der Waals surface area (Å²) in [6, 6.07) is 7.62. The second-order valence-electron chi connectivity index (χ2n) is 11.4. The predicted molar refractivity (Wildman–Crippen MR) is 131 cm³/mol. The fraction of sp³-hybridized carbons (Fsp3) is 0.586. The minimum atomic E-state index is -0.521. The highest BCUT2D eigenvalue weighted by Crippen LogP contribution is 2.59. The van der Waals surface area contributed by atoms with Gasteiger partial charge in [-0.05, 0) is 67.2 Å². The molecule has 1 spiro atoms. The lowest BCUT2D eigenvalue weighted by Gasteiger charge is -2.38. The molecule has 0 bridgehead atoms. The van der Waals surface area contributed by atoms with Crippen molar-refractivity contribution in [2.24, 2.45) is 5.41 Å². The molecule has 2 unspecified atom stereocenters. The second kappa shape index (κ2) is 8.46. The smallest absolute Gasteiger partial charge is 0.338 e. The number of hydrogen-bond acceptors (Lipinski definition) is 5. The third-order valence-corrected chi connectivity index (χ3v) is 7.85. The Balaban J connectivity index is 1.69. The molecule has 0 amide bonds. The largest absolute Gasteiger partial charge is 0.462 e. The number of ether oxygens (including phenoxy) is 2. The summed E-state index contributed by atoms with van der Waals surface area (Å²) in [5.41, 5.74) is 6.77. The molecular weight excluding hydrogens is 426 g/mol. The second-order valence-corrected chi connectivity index (χ2v) is 11.4. The van der Waals surface area contributed by atoms with Gasteiger partial charge < -0.3 is 14.6 Å². The van der Waals surface area contributed by atoms with E-state index >= 15 is 0 Å². The van der Waals surface area contributed by atoms with E-state index in [0.717, 1.165) is 66.6 Å². The number of rotatable bonds is 4. The minimum Gasteiger partial charge on any atom is -0.462 e. The zero-order valence-electron chi connectivity index (χ0n) is 21.1. The highest BCUT2D eigenvalue weighted by molar-refractivity contribution is 5.89. The summed E-state index contributed by atoms with van der Waals surface area (Å²) in [4.78, 5) is 17.4. The molecule has 1 aromatic carbocycles. The Morgan fingerprint density at radius 3 is 2.47 bits per heavy atom. The highest BCUT2D eigenvalue weighted by atomic mass is 16.5. The number of pyridine rings is 1. The van der Waals surface area contributed by atoms with Crippen molar-refractivity contribution in [1.29, 1.82) is 0 Å². The third kappa shape index (κ3) is 3.77. The molecule has 2 atom stereocenters. The Morgan fingerprint density at radius 1 is 1.18 bits per heavy atom. The molecule has 2 heterocycles. The molecule has 1 fully saturated rings. The number of carbonyl (C=O) groups excluding carboxylic acids is 1. The van der Waals surface area contributed by atoms with Crippen LogP contribution < -0.4 is 0 Å². The molecule has 5 rings (SSSR count). The average molecular weight is 464 g/mol. The molecule has 3 aliphatic rings. The van der Waals surface area contributed by atoms with Crippen molar-refractivity contribution in [1.82, 2.24) is 4.98 Å². The summed E-state index contributed by atoms with van der Waals surface area (Å²) in [7, 11) is 0. The fourth-order valence-electron chi connectivity index (χ4n) is 6.42. The van der Waals surface area contributed by atoms with Crippen molar-refractivity contribution in [3.05, 3.63) is 63.5 Å². The Bertz CT molecular complexity index is 1100.